The minimum atomic E-state index is -0.191. The van der Waals surface area contributed by atoms with Gasteiger partial charge in [-0.3, -0.25) is 0 Å². The SMILES string of the molecule is CC(C)CC(CCl)Cc1cc(Cl)ccc1F. The van der Waals surface area contributed by atoms with Crippen molar-refractivity contribution in [3.05, 3.63) is 34.6 Å². The van der Waals surface area contributed by atoms with Crippen molar-refractivity contribution in [2.45, 2.75) is 26.7 Å². The van der Waals surface area contributed by atoms with E-state index in [-0.39, 0.29) is 5.82 Å². The zero-order chi connectivity index (χ0) is 12.1. The summed E-state index contributed by atoms with van der Waals surface area (Å²) in [6.07, 6.45) is 1.67. The minimum absolute atomic E-state index is 0.191. The number of hydrogen-bond acceptors (Lipinski definition) is 0. The molecule has 0 aliphatic heterocycles. The molecule has 0 aliphatic rings. The molecule has 0 amide bonds. The van der Waals surface area contributed by atoms with Crippen LogP contribution in [0.1, 0.15) is 25.8 Å². The lowest BCUT2D eigenvalue weighted by molar-refractivity contribution is 0.434. The van der Waals surface area contributed by atoms with Gasteiger partial charge in [0.05, 0.1) is 0 Å². The third-order valence-corrected chi connectivity index (χ3v) is 3.21. The molecule has 1 aromatic rings. The molecule has 0 radical (unpaired) electrons. The van der Waals surface area contributed by atoms with Crippen LogP contribution in [-0.4, -0.2) is 5.88 Å². The number of rotatable bonds is 5. The Morgan fingerprint density at radius 3 is 2.56 bits per heavy atom. The van der Waals surface area contributed by atoms with E-state index in [1.807, 2.05) is 0 Å². The summed E-state index contributed by atoms with van der Waals surface area (Å²) < 4.78 is 13.5. The van der Waals surface area contributed by atoms with E-state index in [0.29, 0.717) is 34.7 Å². The van der Waals surface area contributed by atoms with Crippen molar-refractivity contribution >= 4 is 23.2 Å². The number of halogens is 3. The summed E-state index contributed by atoms with van der Waals surface area (Å²) in [5.74, 6) is 1.26. The summed E-state index contributed by atoms with van der Waals surface area (Å²) in [4.78, 5) is 0. The van der Waals surface area contributed by atoms with E-state index in [9.17, 15) is 4.39 Å². The molecule has 0 aromatic heterocycles. The zero-order valence-corrected chi connectivity index (χ0v) is 11.2. The highest BCUT2D eigenvalue weighted by atomic mass is 35.5. The quantitative estimate of drug-likeness (QED) is 0.661. The average Bonchev–Trinajstić information content (AvgIpc) is 2.21. The van der Waals surface area contributed by atoms with Crippen LogP contribution in [0.4, 0.5) is 4.39 Å². The highest BCUT2D eigenvalue weighted by Gasteiger charge is 2.13. The van der Waals surface area contributed by atoms with Crippen LogP contribution in [-0.2, 0) is 6.42 Å². The largest absolute Gasteiger partial charge is 0.207 e. The van der Waals surface area contributed by atoms with Gasteiger partial charge in [0.1, 0.15) is 5.82 Å². The fraction of sp³-hybridized carbons (Fsp3) is 0.538. The first-order valence-electron chi connectivity index (χ1n) is 5.52. The zero-order valence-electron chi connectivity index (χ0n) is 9.64. The maximum atomic E-state index is 13.5. The molecule has 0 aliphatic carbocycles. The van der Waals surface area contributed by atoms with E-state index in [2.05, 4.69) is 13.8 Å². The van der Waals surface area contributed by atoms with Crippen LogP contribution in [0.5, 0.6) is 0 Å². The molecule has 16 heavy (non-hydrogen) atoms. The standard InChI is InChI=1S/C13H17Cl2F/c1-9(2)5-10(8-14)6-11-7-12(15)3-4-13(11)16/h3-4,7,9-10H,5-6,8H2,1-2H3. The molecule has 0 saturated heterocycles. The monoisotopic (exact) mass is 262 g/mol. The van der Waals surface area contributed by atoms with E-state index in [0.717, 1.165) is 6.42 Å². The molecule has 0 bridgehead atoms. The first kappa shape index (κ1) is 13.8. The maximum Gasteiger partial charge on any atom is 0.126 e. The summed E-state index contributed by atoms with van der Waals surface area (Å²) in [5, 5.41) is 0.578. The number of benzene rings is 1. The van der Waals surface area contributed by atoms with Crippen molar-refractivity contribution in [2.24, 2.45) is 11.8 Å². The fourth-order valence-electron chi connectivity index (χ4n) is 1.88. The van der Waals surface area contributed by atoms with E-state index in [4.69, 9.17) is 23.2 Å². The lowest BCUT2D eigenvalue weighted by Crippen LogP contribution is -2.10. The minimum Gasteiger partial charge on any atom is -0.207 e. The van der Waals surface area contributed by atoms with Crippen molar-refractivity contribution in [3.8, 4) is 0 Å². The first-order valence-corrected chi connectivity index (χ1v) is 6.44. The normalized spacial score (nSPS) is 13.1. The van der Waals surface area contributed by atoms with Crippen LogP contribution in [0.3, 0.4) is 0 Å². The van der Waals surface area contributed by atoms with Gasteiger partial charge in [-0.25, -0.2) is 4.39 Å². The number of alkyl halides is 1. The van der Waals surface area contributed by atoms with Gasteiger partial charge in [0, 0.05) is 10.9 Å². The molecule has 0 fully saturated rings. The lowest BCUT2D eigenvalue weighted by Gasteiger charge is -2.16. The molecule has 90 valence electrons. The Labute approximate surface area is 107 Å². The van der Waals surface area contributed by atoms with Gasteiger partial charge >= 0.3 is 0 Å². The van der Waals surface area contributed by atoms with Gasteiger partial charge in [0.25, 0.3) is 0 Å². The topological polar surface area (TPSA) is 0 Å². The summed E-state index contributed by atoms with van der Waals surface area (Å²) in [6, 6.07) is 4.67. The highest BCUT2D eigenvalue weighted by Crippen LogP contribution is 2.22. The summed E-state index contributed by atoms with van der Waals surface area (Å²) in [5.41, 5.74) is 0.666. The molecule has 1 atom stereocenters. The predicted octanol–water partition coefficient (Wildman–Crippen LogP) is 4.92. The van der Waals surface area contributed by atoms with Gasteiger partial charge in [0.2, 0.25) is 0 Å². The second-order valence-corrected chi connectivity index (χ2v) is 5.33. The van der Waals surface area contributed by atoms with Gasteiger partial charge in [0.15, 0.2) is 0 Å². The third kappa shape index (κ3) is 4.31. The molecule has 1 aromatic carbocycles. The molecule has 0 saturated carbocycles. The summed E-state index contributed by atoms with van der Waals surface area (Å²) in [7, 11) is 0. The van der Waals surface area contributed by atoms with E-state index in [1.165, 1.54) is 6.07 Å². The second kappa shape index (κ2) is 6.46. The molecule has 0 nitrogen and oxygen atoms in total. The summed E-state index contributed by atoms with van der Waals surface area (Å²) in [6.45, 7) is 4.29. The van der Waals surface area contributed by atoms with Crippen LogP contribution in [0.2, 0.25) is 5.02 Å². The van der Waals surface area contributed by atoms with Crippen molar-refractivity contribution in [3.63, 3.8) is 0 Å². The summed E-state index contributed by atoms with van der Waals surface area (Å²) >= 11 is 11.7. The molecule has 0 heterocycles. The molecule has 1 unspecified atom stereocenters. The molecule has 0 spiro atoms. The Morgan fingerprint density at radius 2 is 2.00 bits per heavy atom. The first-order chi connectivity index (χ1) is 7.52. The van der Waals surface area contributed by atoms with Gasteiger partial charge < -0.3 is 0 Å². The Bertz CT molecular complexity index is 337. The Morgan fingerprint density at radius 1 is 1.31 bits per heavy atom. The lowest BCUT2D eigenvalue weighted by atomic mass is 9.92. The van der Waals surface area contributed by atoms with Crippen LogP contribution in [0.25, 0.3) is 0 Å². The Balaban J connectivity index is 2.73. The van der Waals surface area contributed by atoms with Crippen molar-refractivity contribution < 1.29 is 4.39 Å². The van der Waals surface area contributed by atoms with Crippen molar-refractivity contribution in [1.82, 2.24) is 0 Å². The van der Waals surface area contributed by atoms with Gasteiger partial charge in [-0.2, -0.15) is 0 Å². The average molecular weight is 263 g/mol. The molecular weight excluding hydrogens is 246 g/mol. The van der Waals surface area contributed by atoms with Crippen LogP contribution in [0.15, 0.2) is 18.2 Å². The maximum absolute atomic E-state index is 13.5. The van der Waals surface area contributed by atoms with E-state index >= 15 is 0 Å². The molecule has 0 N–H and O–H groups in total. The predicted molar refractivity (Wildman–Crippen MR) is 68.8 cm³/mol. The van der Waals surface area contributed by atoms with Gasteiger partial charge in [-0.15, -0.1) is 11.6 Å². The molecular formula is C13H17Cl2F. The molecule has 3 heteroatoms. The second-order valence-electron chi connectivity index (χ2n) is 4.59. The van der Waals surface area contributed by atoms with Crippen LogP contribution in [0, 0.1) is 17.7 Å². The highest BCUT2D eigenvalue weighted by molar-refractivity contribution is 6.30. The molecule has 1 rings (SSSR count). The van der Waals surface area contributed by atoms with Crippen LogP contribution < -0.4 is 0 Å². The van der Waals surface area contributed by atoms with Crippen molar-refractivity contribution in [2.75, 3.05) is 5.88 Å². The third-order valence-electron chi connectivity index (χ3n) is 2.54. The van der Waals surface area contributed by atoms with Crippen LogP contribution >= 0.6 is 23.2 Å². The van der Waals surface area contributed by atoms with Gasteiger partial charge in [-0.1, -0.05) is 25.4 Å². The number of hydrogen-bond donors (Lipinski definition) is 0. The van der Waals surface area contributed by atoms with Gasteiger partial charge in [-0.05, 0) is 48.4 Å². The smallest absolute Gasteiger partial charge is 0.126 e. The van der Waals surface area contributed by atoms with Crippen molar-refractivity contribution in [1.29, 1.82) is 0 Å². The fourth-order valence-corrected chi connectivity index (χ4v) is 2.31. The van der Waals surface area contributed by atoms with E-state index < -0.39 is 0 Å². The Hall–Kier alpha value is -0.270. The Kier molecular flexibility index (Phi) is 5.57. The van der Waals surface area contributed by atoms with E-state index in [1.54, 1.807) is 12.1 Å².